The summed E-state index contributed by atoms with van der Waals surface area (Å²) in [5, 5.41) is 4.20. The Hall–Kier alpha value is -1.55. The molecule has 0 saturated heterocycles. The van der Waals surface area contributed by atoms with Crippen molar-refractivity contribution in [3.05, 3.63) is 29.0 Å². The maximum atomic E-state index is 11.8. The SMILES string of the molecule is CC(C)CNC(=O)c1cc2c(Cl)ccnc2[nH]1. The monoisotopic (exact) mass is 251 g/mol. The van der Waals surface area contributed by atoms with Crippen LogP contribution in [0.25, 0.3) is 11.0 Å². The van der Waals surface area contributed by atoms with Crippen LogP contribution in [-0.2, 0) is 0 Å². The first-order valence-electron chi connectivity index (χ1n) is 5.49. The van der Waals surface area contributed by atoms with Gasteiger partial charge in [0.2, 0.25) is 0 Å². The van der Waals surface area contributed by atoms with E-state index in [2.05, 4.69) is 15.3 Å². The number of halogens is 1. The number of hydrogen-bond donors (Lipinski definition) is 2. The molecular weight excluding hydrogens is 238 g/mol. The molecule has 2 N–H and O–H groups in total. The summed E-state index contributed by atoms with van der Waals surface area (Å²) < 4.78 is 0. The molecule has 0 aliphatic carbocycles. The van der Waals surface area contributed by atoms with Gasteiger partial charge >= 0.3 is 0 Å². The van der Waals surface area contributed by atoms with Crippen molar-refractivity contribution in [3.8, 4) is 0 Å². The van der Waals surface area contributed by atoms with Gasteiger partial charge in [-0.05, 0) is 18.1 Å². The first-order chi connectivity index (χ1) is 8.08. The van der Waals surface area contributed by atoms with Crippen LogP contribution in [0, 0.1) is 5.92 Å². The molecule has 90 valence electrons. The Bertz CT molecular complexity index is 548. The van der Waals surface area contributed by atoms with E-state index in [9.17, 15) is 4.79 Å². The van der Waals surface area contributed by atoms with Gasteiger partial charge in [-0.1, -0.05) is 25.4 Å². The van der Waals surface area contributed by atoms with Crippen molar-refractivity contribution in [3.63, 3.8) is 0 Å². The highest BCUT2D eigenvalue weighted by Crippen LogP contribution is 2.21. The Morgan fingerprint density at radius 2 is 2.35 bits per heavy atom. The lowest BCUT2D eigenvalue weighted by Crippen LogP contribution is -2.27. The summed E-state index contributed by atoms with van der Waals surface area (Å²) in [5.74, 6) is 0.290. The third-order valence-electron chi connectivity index (χ3n) is 2.39. The molecule has 0 spiro atoms. The number of carbonyl (C=O) groups is 1. The Morgan fingerprint density at radius 3 is 3.00 bits per heavy atom. The molecule has 0 atom stereocenters. The lowest BCUT2D eigenvalue weighted by molar-refractivity contribution is 0.0945. The average Bonchev–Trinajstić information content (AvgIpc) is 2.71. The van der Waals surface area contributed by atoms with Crippen molar-refractivity contribution in [2.24, 2.45) is 5.92 Å². The summed E-state index contributed by atoms with van der Waals surface area (Å²) in [6.45, 7) is 4.74. The fourth-order valence-corrected chi connectivity index (χ4v) is 1.71. The summed E-state index contributed by atoms with van der Waals surface area (Å²) in [4.78, 5) is 18.9. The predicted molar refractivity (Wildman–Crippen MR) is 68.3 cm³/mol. The number of nitrogens with zero attached hydrogens (tertiary/aromatic N) is 1. The minimum Gasteiger partial charge on any atom is -0.351 e. The molecule has 2 rings (SSSR count). The molecule has 2 aromatic rings. The van der Waals surface area contributed by atoms with Crippen molar-refractivity contribution in [2.45, 2.75) is 13.8 Å². The topological polar surface area (TPSA) is 57.8 Å². The number of carbonyl (C=O) groups excluding carboxylic acids is 1. The van der Waals surface area contributed by atoms with Crippen LogP contribution in [0.3, 0.4) is 0 Å². The zero-order valence-corrected chi connectivity index (χ0v) is 10.5. The van der Waals surface area contributed by atoms with E-state index in [1.54, 1.807) is 18.3 Å². The fourth-order valence-electron chi connectivity index (χ4n) is 1.51. The molecule has 0 fully saturated rings. The number of H-pyrrole nitrogens is 1. The van der Waals surface area contributed by atoms with Crippen LogP contribution in [0.1, 0.15) is 24.3 Å². The van der Waals surface area contributed by atoms with E-state index in [4.69, 9.17) is 11.6 Å². The molecule has 4 nitrogen and oxygen atoms in total. The maximum absolute atomic E-state index is 11.8. The Morgan fingerprint density at radius 1 is 1.59 bits per heavy atom. The van der Waals surface area contributed by atoms with E-state index in [0.29, 0.717) is 28.8 Å². The summed E-state index contributed by atoms with van der Waals surface area (Å²) in [6, 6.07) is 3.42. The molecule has 0 aliphatic heterocycles. The van der Waals surface area contributed by atoms with Gasteiger partial charge in [-0.25, -0.2) is 4.98 Å². The minimum atomic E-state index is -0.132. The van der Waals surface area contributed by atoms with Gasteiger partial charge in [-0.2, -0.15) is 0 Å². The highest BCUT2D eigenvalue weighted by molar-refractivity contribution is 6.35. The molecule has 0 radical (unpaired) electrons. The third kappa shape index (κ3) is 2.58. The maximum Gasteiger partial charge on any atom is 0.267 e. The van der Waals surface area contributed by atoms with Crippen LogP contribution in [-0.4, -0.2) is 22.4 Å². The number of pyridine rings is 1. The second-order valence-electron chi connectivity index (χ2n) is 4.34. The van der Waals surface area contributed by atoms with E-state index < -0.39 is 0 Å². The molecule has 0 bridgehead atoms. The zero-order chi connectivity index (χ0) is 12.4. The molecule has 0 aromatic carbocycles. The van der Waals surface area contributed by atoms with Crippen LogP contribution in [0.5, 0.6) is 0 Å². The summed E-state index contributed by atoms with van der Waals surface area (Å²) in [6.07, 6.45) is 1.61. The van der Waals surface area contributed by atoms with Gasteiger partial charge in [0.05, 0.1) is 5.02 Å². The number of rotatable bonds is 3. The number of fused-ring (bicyclic) bond motifs is 1. The van der Waals surface area contributed by atoms with Crippen molar-refractivity contribution < 1.29 is 4.79 Å². The summed E-state index contributed by atoms with van der Waals surface area (Å²) in [5.41, 5.74) is 1.12. The van der Waals surface area contributed by atoms with Crippen LogP contribution in [0.2, 0.25) is 5.02 Å². The largest absolute Gasteiger partial charge is 0.351 e. The van der Waals surface area contributed by atoms with E-state index in [1.165, 1.54) is 0 Å². The molecule has 0 unspecified atom stereocenters. The number of nitrogens with one attached hydrogen (secondary N) is 2. The van der Waals surface area contributed by atoms with Gasteiger partial charge in [0, 0.05) is 18.1 Å². The van der Waals surface area contributed by atoms with E-state index in [0.717, 1.165) is 5.39 Å². The second kappa shape index (κ2) is 4.75. The first kappa shape index (κ1) is 11.9. The molecule has 0 aliphatic rings. The smallest absolute Gasteiger partial charge is 0.267 e. The first-order valence-corrected chi connectivity index (χ1v) is 5.87. The van der Waals surface area contributed by atoms with Crippen LogP contribution < -0.4 is 5.32 Å². The second-order valence-corrected chi connectivity index (χ2v) is 4.75. The van der Waals surface area contributed by atoms with Crippen molar-refractivity contribution >= 4 is 28.5 Å². The van der Waals surface area contributed by atoms with Crippen LogP contribution in [0.15, 0.2) is 18.3 Å². The molecule has 5 heteroatoms. The fraction of sp³-hybridized carbons (Fsp3) is 0.333. The van der Waals surface area contributed by atoms with Crippen molar-refractivity contribution in [1.29, 1.82) is 0 Å². The summed E-state index contributed by atoms with van der Waals surface area (Å²) >= 11 is 6.01. The third-order valence-corrected chi connectivity index (χ3v) is 2.72. The summed E-state index contributed by atoms with van der Waals surface area (Å²) in [7, 11) is 0. The standard InChI is InChI=1S/C12H14ClN3O/c1-7(2)6-15-12(17)10-5-8-9(13)3-4-14-11(8)16-10/h3-5,7H,6H2,1-2H3,(H,14,16)(H,15,17). The van der Waals surface area contributed by atoms with E-state index in [-0.39, 0.29) is 5.91 Å². The average molecular weight is 252 g/mol. The van der Waals surface area contributed by atoms with Crippen molar-refractivity contribution in [1.82, 2.24) is 15.3 Å². The van der Waals surface area contributed by atoms with Gasteiger partial charge in [0.1, 0.15) is 11.3 Å². The van der Waals surface area contributed by atoms with E-state index >= 15 is 0 Å². The predicted octanol–water partition coefficient (Wildman–Crippen LogP) is 2.60. The highest BCUT2D eigenvalue weighted by Gasteiger charge is 2.11. The molecule has 17 heavy (non-hydrogen) atoms. The number of aromatic nitrogens is 2. The number of hydrogen-bond acceptors (Lipinski definition) is 2. The van der Waals surface area contributed by atoms with Crippen molar-refractivity contribution in [2.75, 3.05) is 6.54 Å². The van der Waals surface area contributed by atoms with Gasteiger partial charge in [0.25, 0.3) is 5.91 Å². The molecule has 2 aromatic heterocycles. The Kier molecular flexibility index (Phi) is 3.33. The van der Waals surface area contributed by atoms with Crippen LogP contribution >= 0.6 is 11.6 Å². The zero-order valence-electron chi connectivity index (χ0n) is 9.75. The van der Waals surface area contributed by atoms with Gasteiger partial charge < -0.3 is 10.3 Å². The quantitative estimate of drug-likeness (QED) is 0.881. The minimum absolute atomic E-state index is 0.132. The molecule has 2 heterocycles. The Balaban J connectivity index is 2.24. The number of aromatic amines is 1. The van der Waals surface area contributed by atoms with Gasteiger partial charge in [-0.3, -0.25) is 4.79 Å². The normalized spacial score (nSPS) is 11.1. The van der Waals surface area contributed by atoms with Crippen LogP contribution in [0.4, 0.5) is 0 Å². The van der Waals surface area contributed by atoms with E-state index in [1.807, 2.05) is 13.8 Å². The lowest BCUT2D eigenvalue weighted by atomic mass is 10.2. The number of amides is 1. The molecule has 1 amide bonds. The molecular formula is C12H14ClN3O. The highest BCUT2D eigenvalue weighted by atomic mass is 35.5. The van der Waals surface area contributed by atoms with Gasteiger partial charge in [0.15, 0.2) is 0 Å². The Labute approximate surface area is 104 Å². The lowest BCUT2D eigenvalue weighted by Gasteiger charge is -2.05. The molecule has 0 saturated carbocycles. The van der Waals surface area contributed by atoms with Gasteiger partial charge in [-0.15, -0.1) is 0 Å².